The van der Waals surface area contributed by atoms with E-state index in [4.69, 9.17) is 0 Å². The Balaban J connectivity index is 1.67. The van der Waals surface area contributed by atoms with E-state index in [1.165, 1.54) is 43.3 Å². The average Bonchev–Trinajstić information content (AvgIpc) is 3.03. The van der Waals surface area contributed by atoms with Gasteiger partial charge in [-0.05, 0) is 112 Å². The van der Waals surface area contributed by atoms with Gasteiger partial charge in [0.25, 0.3) is 0 Å². The molecule has 0 spiro atoms. The summed E-state index contributed by atoms with van der Waals surface area (Å²) in [6.45, 7) is 13.3. The molecule has 6 atom stereocenters. The predicted molar refractivity (Wildman–Crippen MR) is 127 cm³/mol. The van der Waals surface area contributed by atoms with Crippen molar-refractivity contribution in [3.8, 4) is 0 Å². The zero-order valence-corrected chi connectivity index (χ0v) is 20.4. The van der Waals surface area contributed by atoms with Crippen molar-refractivity contribution in [1.82, 2.24) is 0 Å². The van der Waals surface area contributed by atoms with Crippen molar-refractivity contribution >= 4 is 0 Å². The number of hydrogen-bond acceptors (Lipinski definition) is 2. The molecule has 3 rings (SSSR count). The zero-order chi connectivity index (χ0) is 22.1. The van der Waals surface area contributed by atoms with Gasteiger partial charge in [0, 0.05) is 0 Å². The monoisotopic (exact) mass is 414 g/mol. The van der Waals surface area contributed by atoms with Crippen molar-refractivity contribution < 1.29 is 10.2 Å². The van der Waals surface area contributed by atoms with Crippen molar-refractivity contribution in [2.75, 3.05) is 0 Å². The van der Waals surface area contributed by atoms with Crippen LogP contribution in [0.15, 0.2) is 34.9 Å². The Kier molecular flexibility index (Phi) is 7.40. The van der Waals surface area contributed by atoms with Gasteiger partial charge < -0.3 is 10.2 Å². The highest BCUT2D eigenvalue weighted by Gasteiger charge is 2.49. The minimum atomic E-state index is -0.577. The maximum atomic E-state index is 10.3. The molecule has 0 aromatic rings. The van der Waals surface area contributed by atoms with Crippen LogP contribution in [0.4, 0.5) is 0 Å². The number of allylic oxidation sites excluding steroid dienone is 5. The fourth-order valence-electron chi connectivity index (χ4n) is 6.53. The van der Waals surface area contributed by atoms with Gasteiger partial charge in [0.15, 0.2) is 0 Å². The first-order valence-electron chi connectivity index (χ1n) is 12.5. The topological polar surface area (TPSA) is 40.5 Å². The molecule has 170 valence electrons. The van der Waals surface area contributed by atoms with Gasteiger partial charge in [-0.25, -0.2) is 0 Å². The molecule has 0 heterocycles. The second kappa shape index (κ2) is 9.33. The number of aliphatic hydroxyl groups is 2. The molecule has 1 saturated carbocycles. The van der Waals surface area contributed by atoms with Crippen LogP contribution >= 0.6 is 0 Å². The first kappa shape index (κ1) is 23.8. The highest BCUT2D eigenvalue weighted by Crippen LogP contribution is 2.59. The highest BCUT2D eigenvalue weighted by molar-refractivity contribution is 5.36. The fourth-order valence-corrected chi connectivity index (χ4v) is 6.53. The molecule has 2 N–H and O–H groups in total. The third kappa shape index (κ3) is 5.13. The normalized spacial score (nSPS) is 34.8. The Hall–Kier alpha value is -0.860. The Morgan fingerprint density at radius 3 is 2.60 bits per heavy atom. The lowest BCUT2D eigenvalue weighted by molar-refractivity contribution is 0.0154. The standard InChI is InChI=1S/C28H46O2/c1-19-10-14-24(29)18-23(19)13-12-22-8-7-17-28(6)25(15-16-26(22)28)20(2)9-11-21(3)27(4,5)30/h8,12-13,20-21,24-26,29-30H,7,9-11,14-18H2,1-6H3/b13-12+/t20?,21?,24-,25?,26?,28?/m0/s1. The van der Waals surface area contributed by atoms with Crippen molar-refractivity contribution in [3.63, 3.8) is 0 Å². The molecule has 0 aromatic carbocycles. The van der Waals surface area contributed by atoms with Crippen molar-refractivity contribution in [2.24, 2.45) is 29.1 Å². The third-order valence-electron chi connectivity index (χ3n) is 9.16. The molecule has 2 nitrogen and oxygen atoms in total. The second-order valence-electron chi connectivity index (χ2n) is 11.6. The van der Waals surface area contributed by atoms with Gasteiger partial charge in [-0.2, -0.15) is 0 Å². The van der Waals surface area contributed by atoms with Crippen molar-refractivity contribution in [1.29, 1.82) is 0 Å². The molecule has 30 heavy (non-hydrogen) atoms. The first-order valence-corrected chi connectivity index (χ1v) is 12.5. The summed E-state index contributed by atoms with van der Waals surface area (Å²) in [5.74, 6) is 2.52. The second-order valence-corrected chi connectivity index (χ2v) is 11.6. The highest BCUT2D eigenvalue weighted by atomic mass is 16.3. The number of hydrogen-bond donors (Lipinski definition) is 2. The lowest BCUT2D eigenvalue weighted by Crippen LogP contribution is -2.35. The molecular weight excluding hydrogens is 368 g/mol. The third-order valence-corrected chi connectivity index (χ3v) is 9.16. The molecular formula is C28H46O2. The fraction of sp³-hybridized carbons (Fsp3) is 0.786. The number of rotatable bonds is 7. The van der Waals surface area contributed by atoms with Crippen molar-refractivity contribution in [2.45, 2.75) is 111 Å². The molecule has 0 bridgehead atoms. The summed E-state index contributed by atoms with van der Waals surface area (Å²) in [4.78, 5) is 0. The van der Waals surface area contributed by atoms with Gasteiger partial charge in [0.1, 0.15) is 0 Å². The van der Waals surface area contributed by atoms with Crippen LogP contribution in [0.5, 0.6) is 0 Å². The summed E-state index contributed by atoms with van der Waals surface area (Å²) in [6, 6.07) is 0. The van der Waals surface area contributed by atoms with E-state index in [9.17, 15) is 10.2 Å². The largest absolute Gasteiger partial charge is 0.393 e. The molecule has 3 aliphatic carbocycles. The van der Waals surface area contributed by atoms with E-state index in [2.05, 4.69) is 45.9 Å². The van der Waals surface area contributed by atoms with Gasteiger partial charge in [-0.15, -0.1) is 0 Å². The maximum absolute atomic E-state index is 10.3. The van der Waals surface area contributed by atoms with E-state index in [-0.39, 0.29) is 6.10 Å². The van der Waals surface area contributed by atoms with E-state index < -0.39 is 5.60 Å². The average molecular weight is 415 g/mol. The van der Waals surface area contributed by atoms with Gasteiger partial charge in [0.2, 0.25) is 0 Å². The molecule has 0 saturated heterocycles. The lowest BCUT2D eigenvalue weighted by atomic mass is 9.62. The van der Waals surface area contributed by atoms with E-state index in [0.29, 0.717) is 23.2 Å². The number of aliphatic hydroxyl groups excluding tert-OH is 1. The smallest absolute Gasteiger partial charge is 0.0617 e. The van der Waals surface area contributed by atoms with Crippen LogP contribution in [0.1, 0.15) is 99.3 Å². The lowest BCUT2D eigenvalue weighted by Gasteiger charge is -2.43. The Morgan fingerprint density at radius 2 is 1.90 bits per heavy atom. The minimum Gasteiger partial charge on any atom is -0.393 e. The molecule has 3 aliphatic rings. The van der Waals surface area contributed by atoms with E-state index in [1.54, 1.807) is 5.57 Å². The van der Waals surface area contributed by atoms with Gasteiger partial charge in [-0.1, -0.05) is 51.0 Å². The Labute approximate surface area is 185 Å². The van der Waals surface area contributed by atoms with Gasteiger partial charge in [0.05, 0.1) is 11.7 Å². The zero-order valence-electron chi connectivity index (χ0n) is 20.4. The summed E-state index contributed by atoms with van der Waals surface area (Å²) < 4.78 is 0. The predicted octanol–water partition coefficient (Wildman–Crippen LogP) is 6.98. The Bertz CT molecular complexity index is 692. The summed E-state index contributed by atoms with van der Waals surface area (Å²) in [5, 5.41) is 20.4. The van der Waals surface area contributed by atoms with Crippen LogP contribution < -0.4 is 0 Å². The summed E-state index contributed by atoms with van der Waals surface area (Å²) in [5.41, 5.74) is 4.18. The van der Waals surface area contributed by atoms with Gasteiger partial charge >= 0.3 is 0 Å². The quantitative estimate of drug-likeness (QED) is 0.472. The minimum absolute atomic E-state index is 0.165. The molecule has 2 heteroatoms. The van der Waals surface area contributed by atoms with Gasteiger partial charge in [-0.3, -0.25) is 0 Å². The summed E-state index contributed by atoms with van der Waals surface area (Å²) >= 11 is 0. The molecule has 5 unspecified atom stereocenters. The Morgan fingerprint density at radius 1 is 1.17 bits per heavy atom. The van der Waals surface area contributed by atoms with Crippen LogP contribution in [0.25, 0.3) is 0 Å². The summed E-state index contributed by atoms with van der Waals surface area (Å²) in [6.07, 6.45) is 17.3. The van der Waals surface area contributed by atoms with Crippen LogP contribution in [0.2, 0.25) is 0 Å². The molecule has 0 amide bonds. The summed E-state index contributed by atoms with van der Waals surface area (Å²) in [7, 11) is 0. The van der Waals surface area contributed by atoms with Crippen LogP contribution in [0, 0.1) is 29.1 Å². The van der Waals surface area contributed by atoms with Crippen LogP contribution in [-0.2, 0) is 0 Å². The van der Waals surface area contributed by atoms with E-state index in [1.807, 2.05) is 13.8 Å². The molecule has 1 fully saturated rings. The van der Waals surface area contributed by atoms with Crippen LogP contribution in [0.3, 0.4) is 0 Å². The number of fused-ring (bicyclic) bond motifs is 1. The van der Waals surface area contributed by atoms with Crippen molar-refractivity contribution in [3.05, 3.63) is 34.9 Å². The molecule has 0 aromatic heterocycles. The molecule has 0 aliphatic heterocycles. The van der Waals surface area contributed by atoms with E-state index >= 15 is 0 Å². The van der Waals surface area contributed by atoms with E-state index in [0.717, 1.165) is 31.6 Å². The first-order chi connectivity index (χ1) is 14.0. The maximum Gasteiger partial charge on any atom is 0.0617 e. The SMILES string of the molecule is CC1=C(/C=C/C2=CCCC3(C)C2CCC3C(C)CCC(C)C(C)(C)O)C[C@@H](O)CC1. The molecule has 0 radical (unpaired) electrons. The van der Waals surface area contributed by atoms with Crippen LogP contribution in [-0.4, -0.2) is 21.9 Å².